The highest BCUT2D eigenvalue weighted by Gasteiger charge is 2.45. The van der Waals surface area contributed by atoms with E-state index in [4.69, 9.17) is 13.9 Å². The number of methoxy groups -OCH3 is 1. The Labute approximate surface area is 208 Å². The Kier molecular flexibility index (Phi) is 5.98. The first-order valence-electron chi connectivity index (χ1n) is 11.6. The molecule has 5 rings (SSSR count). The summed E-state index contributed by atoms with van der Waals surface area (Å²) in [5.41, 5.74) is 2.47. The molecule has 4 aromatic rings. The Morgan fingerprint density at radius 2 is 1.83 bits per heavy atom. The van der Waals surface area contributed by atoms with Crippen LogP contribution in [-0.4, -0.2) is 30.5 Å². The number of rotatable bonds is 7. The number of amides is 1. The first-order chi connectivity index (χ1) is 17.4. The van der Waals surface area contributed by atoms with Gasteiger partial charge in [0.05, 0.1) is 25.3 Å². The number of nitrogens with zero attached hydrogens (tertiary/aromatic N) is 1. The maximum Gasteiger partial charge on any atom is 0.294 e. The highest BCUT2D eigenvalue weighted by atomic mass is 16.5. The number of ketones is 1. The van der Waals surface area contributed by atoms with Gasteiger partial charge in [0.1, 0.15) is 5.75 Å². The summed E-state index contributed by atoms with van der Waals surface area (Å²) in [6.45, 7) is 4.25. The normalized spacial score (nSPS) is 15.6. The lowest BCUT2D eigenvalue weighted by Crippen LogP contribution is -2.31. The standard InChI is InChI=1S/C29H25NO6/c1-4-35-21-12-6-9-18(15-21)25-24(27(32)29(33)30(25)20-11-5-8-17(2)14-20)26(31)23-16-19-10-7-13-22(34-3)28(19)36-23/h5-16,25,32H,4H2,1-3H3. The molecule has 2 heterocycles. The van der Waals surface area contributed by atoms with Gasteiger partial charge in [-0.3, -0.25) is 14.5 Å². The van der Waals surface area contributed by atoms with E-state index < -0.39 is 23.5 Å². The average Bonchev–Trinajstić information content (AvgIpc) is 3.43. The van der Waals surface area contributed by atoms with Crippen LogP contribution in [0.2, 0.25) is 0 Å². The van der Waals surface area contributed by atoms with Gasteiger partial charge < -0.3 is 19.0 Å². The maximum atomic E-state index is 13.8. The van der Waals surface area contributed by atoms with E-state index in [9.17, 15) is 14.7 Å². The van der Waals surface area contributed by atoms with Crippen molar-refractivity contribution in [3.05, 3.63) is 101 Å². The Bertz CT molecular complexity index is 1520. The van der Waals surface area contributed by atoms with Crippen molar-refractivity contribution in [2.45, 2.75) is 19.9 Å². The third-order valence-corrected chi connectivity index (χ3v) is 6.17. The molecular formula is C29H25NO6. The molecule has 3 aromatic carbocycles. The molecule has 1 amide bonds. The summed E-state index contributed by atoms with van der Waals surface area (Å²) in [5, 5.41) is 11.7. The summed E-state index contributed by atoms with van der Waals surface area (Å²) in [7, 11) is 1.52. The van der Waals surface area contributed by atoms with E-state index in [0.29, 0.717) is 40.3 Å². The second-order valence-electron chi connectivity index (χ2n) is 8.50. The summed E-state index contributed by atoms with van der Waals surface area (Å²) in [4.78, 5) is 28.7. The molecule has 1 aliphatic heterocycles. The number of anilines is 1. The molecule has 0 saturated heterocycles. The van der Waals surface area contributed by atoms with Gasteiger partial charge in [0.15, 0.2) is 22.9 Å². The number of furan rings is 1. The van der Waals surface area contributed by atoms with Gasteiger partial charge >= 0.3 is 0 Å². The molecule has 36 heavy (non-hydrogen) atoms. The summed E-state index contributed by atoms with van der Waals surface area (Å²) in [6, 6.07) is 20.6. The number of para-hydroxylation sites is 1. The molecule has 0 fully saturated rings. The average molecular weight is 484 g/mol. The molecule has 1 atom stereocenters. The highest BCUT2D eigenvalue weighted by molar-refractivity contribution is 6.20. The van der Waals surface area contributed by atoms with E-state index in [1.165, 1.54) is 12.0 Å². The summed E-state index contributed by atoms with van der Waals surface area (Å²) in [5.74, 6) is -0.778. The number of aryl methyl sites for hydroxylation is 1. The van der Waals surface area contributed by atoms with Crippen molar-refractivity contribution in [3.63, 3.8) is 0 Å². The van der Waals surface area contributed by atoms with E-state index >= 15 is 0 Å². The first-order valence-corrected chi connectivity index (χ1v) is 11.6. The molecular weight excluding hydrogens is 458 g/mol. The van der Waals surface area contributed by atoms with Crippen LogP contribution >= 0.6 is 0 Å². The van der Waals surface area contributed by atoms with Gasteiger partial charge in [-0.2, -0.15) is 0 Å². The van der Waals surface area contributed by atoms with Crippen LogP contribution in [0.4, 0.5) is 5.69 Å². The molecule has 0 radical (unpaired) electrons. The smallest absolute Gasteiger partial charge is 0.294 e. The fourth-order valence-electron chi connectivity index (χ4n) is 4.58. The van der Waals surface area contributed by atoms with Gasteiger partial charge in [-0.1, -0.05) is 36.4 Å². The van der Waals surface area contributed by atoms with Gasteiger partial charge in [0.2, 0.25) is 5.78 Å². The maximum absolute atomic E-state index is 13.8. The second-order valence-corrected chi connectivity index (χ2v) is 8.50. The number of benzene rings is 3. The number of carbonyl (C=O) groups excluding carboxylic acids is 2. The van der Waals surface area contributed by atoms with Gasteiger partial charge in [-0.15, -0.1) is 0 Å². The molecule has 0 bridgehead atoms. The zero-order chi connectivity index (χ0) is 25.4. The fourth-order valence-corrected chi connectivity index (χ4v) is 4.58. The monoisotopic (exact) mass is 483 g/mol. The lowest BCUT2D eigenvalue weighted by Gasteiger charge is -2.27. The molecule has 7 nitrogen and oxygen atoms in total. The number of hydrogen-bond acceptors (Lipinski definition) is 6. The number of aliphatic hydroxyl groups excluding tert-OH is 1. The van der Waals surface area contributed by atoms with Crippen LogP contribution in [-0.2, 0) is 4.79 Å². The molecule has 1 unspecified atom stereocenters. The Morgan fingerprint density at radius 3 is 2.58 bits per heavy atom. The number of ether oxygens (including phenoxy) is 2. The first kappa shape index (κ1) is 23.2. The van der Waals surface area contributed by atoms with Crippen LogP contribution in [0.5, 0.6) is 11.5 Å². The lowest BCUT2D eigenvalue weighted by molar-refractivity contribution is -0.117. The molecule has 0 aliphatic carbocycles. The molecule has 1 aromatic heterocycles. The van der Waals surface area contributed by atoms with E-state index in [1.54, 1.807) is 54.6 Å². The van der Waals surface area contributed by atoms with Crippen molar-refractivity contribution >= 4 is 28.3 Å². The van der Waals surface area contributed by atoms with Crippen molar-refractivity contribution in [1.29, 1.82) is 0 Å². The van der Waals surface area contributed by atoms with Crippen LogP contribution < -0.4 is 14.4 Å². The van der Waals surface area contributed by atoms with Gasteiger partial charge in [-0.05, 0) is 61.4 Å². The van der Waals surface area contributed by atoms with E-state index in [0.717, 1.165) is 5.56 Å². The van der Waals surface area contributed by atoms with Gasteiger partial charge in [0.25, 0.3) is 5.91 Å². The molecule has 0 saturated carbocycles. The molecule has 1 N–H and O–H groups in total. The van der Waals surface area contributed by atoms with Crippen molar-refractivity contribution < 1.29 is 28.6 Å². The number of Topliss-reactive ketones (excluding diaryl/α,β-unsaturated/α-hetero) is 1. The predicted octanol–water partition coefficient (Wildman–Crippen LogP) is 5.93. The van der Waals surface area contributed by atoms with Crippen LogP contribution in [0.15, 0.2) is 88.5 Å². The van der Waals surface area contributed by atoms with Crippen molar-refractivity contribution in [2.75, 3.05) is 18.6 Å². The summed E-state index contributed by atoms with van der Waals surface area (Å²) < 4.78 is 16.9. The quantitative estimate of drug-likeness (QED) is 0.328. The zero-order valence-corrected chi connectivity index (χ0v) is 20.1. The highest BCUT2D eigenvalue weighted by Crippen LogP contribution is 2.43. The van der Waals surface area contributed by atoms with Crippen LogP contribution in [0, 0.1) is 6.92 Å². The number of fused-ring (bicyclic) bond motifs is 1. The second kappa shape index (κ2) is 9.26. The van der Waals surface area contributed by atoms with Crippen LogP contribution in [0.3, 0.4) is 0 Å². The SMILES string of the molecule is CCOc1cccc(C2C(C(=O)c3cc4cccc(OC)c4o3)=C(O)C(=O)N2c2cccc(C)c2)c1. The summed E-state index contributed by atoms with van der Waals surface area (Å²) in [6.07, 6.45) is 0. The minimum absolute atomic E-state index is 0.000838. The molecule has 0 spiro atoms. The molecule has 182 valence electrons. The van der Waals surface area contributed by atoms with E-state index in [1.807, 2.05) is 32.0 Å². The Balaban J connectivity index is 1.67. The van der Waals surface area contributed by atoms with E-state index in [-0.39, 0.29) is 11.3 Å². The molecule has 1 aliphatic rings. The van der Waals surface area contributed by atoms with Gasteiger partial charge in [0, 0.05) is 11.1 Å². The Morgan fingerprint density at radius 1 is 1.06 bits per heavy atom. The number of carbonyl (C=O) groups is 2. The Hall–Kier alpha value is -4.52. The fraction of sp³-hybridized carbons (Fsp3) is 0.172. The number of aliphatic hydroxyl groups is 1. The van der Waals surface area contributed by atoms with Crippen LogP contribution in [0.1, 0.15) is 34.6 Å². The van der Waals surface area contributed by atoms with Crippen LogP contribution in [0.25, 0.3) is 11.0 Å². The predicted molar refractivity (Wildman–Crippen MR) is 136 cm³/mol. The zero-order valence-electron chi connectivity index (χ0n) is 20.1. The van der Waals surface area contributed by atoms with Crippen molar-refractivity contribution in [3.8, 4) is 11.5 Å². The third-order valence-electron chi connectivity index (χ3n) is 6.17. The van der Waals surface area contributed by atoms with Crippen molar-refractivity contribution in [1.82, 2.24) is 0 Å². The van der Waals surface area contributed by atoms with Gasteiger partial charge in [-0.25, -0.2) is 0 Å². The largest absolute Gasteiger partial charge is 0.503 e. The topological polar surface area (TPSA) is 89.2 Å². The molecule has 7 heteroatoms. The minimum Gasteiger partial charge on any atom is -0.503 e. The minimum atomic E-state index is -0.887. The number of hydrogen-bond donors (Lipinski definition) is 1. The van der Waals surface area contributed by atoms with E-state index in [2.05, 4.69) is 0 Å². The third kappa shape index (κ3) is 3.88. The summed E-state index contributed by atoms with van der Waals surface area (Å²) >= 11 is 0. The van der Waals surface area contributed by atoms with Crippen molar-refractivity contribution in [2.24, 2.45) is 0 Å². The lowest BCUT2D eigenvalue weighted by atomic mass is 9.94.